The molecule has 2 amide bonds. The van der Waals surface area contributed by atoms with Crippen molar-refractivity contribution in [3.63, 3.8) is 0 Å². The van der Waals surface area contributed by atoms with Crippen LogP contribution in [-0.4, -0.2) is 47.9 Å². The minimum atomic E-state index is -6.13. The minimum Gasteiger partial charge on any atom is -0.369 e. The molecule has 0 spiro atoms. The van der Waals surface area contributed by atoms with Gasteiger partial charge in [0.25, 0.3) is 11.5 Å². The number of benzene rings is 2. The van der Waals surface area contributed by atoms with Crippen LogP contribution < -0.4 is 4.90 Å². The number of rotatable bonds is 4. The summed E-state index contributed by atoms with van der Waals surface area (Å²) < 4.78 is 104. The van der Waals surface area contributed by atoms with Gasteiger partial charge in [-0.25, -0.2) is 17.3 Å². The van der Waals surface area contributed by atoms with E-state index < -0.39 is 56.7 Å². The number of imide groups is 1. The van der Waals surface area contributed by atoms with Crippen molar-refractivity contribution in [3.8, 4) is 0 Å². The summed E-state index contributed by atoms with van der Waals surface area (Å²) in [7, 11) is -4.07. The van der Waals surface area contributed by atoms with Crippen LogP contribution in [0.3, 0.4) is 0 Å². The molecule has 188 valence electrons. The van der Waals surface area contributed by atoms with Crippen LogP contribution in [-0.2, 0) is 20.4 Å². The van der Waals surface area contributed by atoms with Gasteiger partial charge in [-0.05, 0) is 12.1 Å². The second-order valence-corrected chi connectivity index (χ2v) is 9.40. The number of fused-ring (bicyclic) bond motifs is 1. The fraction of sp³-hybridized carbons (Fsp3) is 0.238. The van der Waals surface area contributed by atoms with Gasteiger partial charge in [-0.15, -0.1) is 0 Å². The van der Waals surface area contributed by atoms with Gasteiger partial charge >= 0.3 is 12.4 Å². The lowest BCUT2D eigenvalue weighted by Crippen LogP contribution is -2.53. The number of hydrogen-bond donors (Lipinski definition) is 1. The number of carbonyl (C=O) groups is 2. The largest absolute Gasteiger partial charge is 0.430 e. The molecule has 1 aromatic heterocycles. The third kappa shape index (κ3) is 4.38. The average molecular weight is 522 g/mol. The van der Waals surface area contributed by atoms with Gasteiger partial charge in [0.05, 0.1) is 11.9 Å². The molecule has 0 saturated carbocycles. The molecule has 0 atom stereocenters. The Balaban J connectivity index is 2.17. The number of hydrogen-bond acceptors (Lipinski definition) is 5. The fourth-order valence-corrected chi connectivity index (χ4v) is 4.31. The highest BCUT2D eigenvalue weighted by Crippen LogP contribution is 2.50. The van der Waals surface area contributed by atoms with Crippen molar-refractivity contribution in [1.29, 1.82) is 0 Å². The molecule has 0 aliphatic rings. The molecule has 0 unspecified atom stereocenters. The van der Waals surface area contributed by atoms with E-state index in [4.69, 9.17) is 0 Å². The van der Waals surface area contributed by atoms with Crippen LogP contribution in [0, 0.1) is 0 Å². The summed E-state index contributed by atoms with van der Waals surface area (Å²) in [5.41, 5.74) is -7.72. The van der Waals surface area contributed by atoms with Gasteiger partial charge in [0, 0.05) is 29.5 Å². The molecule has 3 aromatic rings. The van der Waals surface area contributed by atoms with Gasteiger partial charge in [-0.2, -0.15) is 26.3 Å². The van der Waals surface area contributed by atoms with Crippen molar-refractivity contribution < 1.29 is 49.5 Å². The van der Waals surface area contributed by atoms with Gasteiger partial charge in [0.1, 0.15) is 5.69 Å². The van der Waals surface area contributed by atoms with Crippen LogP contribution in [0.1, 0.15) is 23.0 Å². The Morgan fingerprint density at radius 2 is 1.43 bits per heavy atom. The van der Waals surface area contributed by atoms with Crippen molar-refractivity contribution in [2.24, 2.45) is 0 Å². The molecule has 0 bridgehead atoms. The number of anilines is 1. The highest BCUT2D eigenvalue weighted by atomic mass is 32.2. The zero-order valence-electron chi connectivity index (χ0n) is 17.8. The molecule has 14 heteroatoms. The van der Waals surface area contributed by atoms with Crippen LogP contribution in [0.4, 0.5) is 32.0 Å². The lowest BCUT2D eigenvalue weighted by molar-refractivity contribution is -0.376. The molecule has 7 nitrogen and oxygen atoms in total. The van der Waals surface area contributed by atoms with E-state index in [1.54, 1.807) is 6.07 Å². The summed E-state index contributed by atoms with van der Waals surface area (Å²) in [6.07, 6.45) is -10.3. The third-order valence-electron chi connectivity index (χ3n) is 5.13. The molecule has 35 heavy (non-hydrogen) atoms. The number of amides is 2. The van der Waals surface area contributed by atoms with Gasteiger partial charge in [0.2, 0.25) is 15.9 Å². The summed E-state index contributed by atoms with van der Waals surface area (Å²) in [5, 5.41) is 9.98. The van der Waals surface area contributed by atoms with Crippen molar-refractivity contribution >= 4 is 38.3 Å². The van der Waals surface area contributed by atoms with Crippen molar-refractivity contribution in [3.05, 3.63) is 66.0 Å². The molecule has 0 saturated heterocycles. The van der Waals surface area contributed by atoms with Gasteiger partial charge < -0.3 is 5.11 Å². The summed E-state index contributed by atoms with van der Waals surface area (Å²) >= 11 is 0. The van der Waals surface area contributed by atoms with E-state index in [1.807, 2.05) is 0 Å². The van der Waals surface area contributed by atoms with E-state index in [0.29, 0.717) is 26.4 Å². The lowest BCUT2D eigenvalue weighted by atomic mass is 9.92. The first-order valence-electron chi connectivity index (χ1n) is 9.53. The maximum Gasteiger partial charge on any atom is 0.430 e. The molecular formula is C21H16F6N2O5S. The van der Waals surface area contributed by atoms with Gasteiger partial charge in [-0.1, -0.05) is 36.4 Å². The van der Waals surface area contributed by atoms with E-state index in [1.165, 1.54) is 18.2 Å². The number of nitrogens with zero attached hydrogens (tertiary/aromatic N) is 2. The highest BCUT2D eigenvalue weighted by Gasteiger charge is 2.71. The van der Waals surface area contributed by atoms with Crippen molar-refractivity contribution in [1.82, 2.24) is 3.97 Å². The first-order valence-corrected chi connectivity index (χ1v) is 11.4. The first-order chi connectivity index (χ1) is 15.9. The van der Waals surface area contributed by atoms with E-state index in [9.17, 15) is 49.5 Å². The zero-order valence-corrected chi connectivity index (χ0v) is 18.7. The lowest BCUT2D eigenvalue weighted by Gasteiger charge is -2.33. The molecular weight excluding hydrogens is 506 g/mol. The number of carbonyl (C=O) groups excluding carboxylic acids is 2. The SMILES string of the molecule is CC(=O)N(C(=O)c1c2ccccc2cn1S(C)(=O)=O)c1ccc(C(O)(C(F)(F)F)C(F)(F)F)cc1. The monoisotopic (exact) mass is 522 g/mol. The third-order valence-corrected chi connectivity index (χ3v) is 6.14. The molecule has 3 rings (SSSR count). The Bertz CT molecular complexity index is 1390. The standard InChI is InChI=1S/C21H16F6N2O5S/c1-12(30)29(15-9-7-14(8-10-15)19(32,20(22,23)24)21(25,26)27)18(31)17-16-6-4-3-5-13(16)11-28(17)35(2,33)34/h3-11,32H,1-2H3. The summed E-state index contributed by atoms with van der Waals surface area (Å²) in [4.78, 5) is 26.1. The Kier molecular flexibility index (Phi) is 6.27. The second-order valence-electron chi connectivity index (χ2n) is 7.54. The number of halogens is 6. The Morgan fingerprint density at radius 1 is 0.914 bits per heavy atom. The Labute approximate surface area is 194 Å². The molecule has 2 aromatic carbocycles. The maximum absolute atomic E-state index is 13.3. The number of alkyl halides is 6. The zero-order chi connectivity index (χ0) is 26.6. The Morgan fingerprint density at radius 3 is 1.89 bits per heavy atom. The van der Waals surface area contributed by atoms with E-state index >= 15 is 0 Å². The molecule has 0 aliphatic heterocycles. The fourth-order valence-electron chi connectivity index (χ4n) is 3.49. The maximum atomic E-state index is 13.3. The molecule has 0 radical (unpaired) electrons. The van der Waals surface area contributed by atoms with Crippen LogP contribution in [0.5, 0.6) is 0 Å². The van der Waals surface area contributed by atoms with Crippen LogP contribution >= 0.6 is 0 Å². The Hall–Kier alpha value is -3.39. The number of aromatic nitrogens is 1. The summed E-state index contributed by atoms with van der Waals surface area (Å²) in [6.45, 7) is 0.892. The van der Waals surface area contributed by atoms with E-state index in [2.05, 4.69) is 0 Å². The molecule has 0 fully saturated rings. The van der Waals surface area contributed by atoms with E-state index in [0.717, 1.165) is 19.4 Å². The predicted molar refractivity (Wildman–Crippen MR) is 112 cm³/mol. The van der Waals surface area contributed by atoms with Crippen LogP contribution in [0.15, 0.2) is 54.7 Å². The smallest absolute Gasteiger partial charge is 0.369 e. The quantitative estimate of drug-likeness (QED) is 0.524. The normalized spacial score (nSPS) is 13.2. The number of aliphatic hydroxyl groups is 1. The molecule has 0 aliphatic carbocycles. The summed E-state index contributed by atoms with van der Waals surface area (Å²) in [6, 6.07) is 7.70. The summed E-state index contributed by atoms with van der Waals surface area (Å²) in [5.74, 6) is -2.20. The van der Waals surface area contributed by atoms with Crippen molar-refractivity contribution in [2.45, 2.75) is 24.9 Å². The van der Waals surface area contributed by atoms with Gasteiger partial charge in [0.15, 0.2) is 0 Å². The van der Waals surface area contributed by atoms with Crippen LogP contribution in [0.25, 0.3) is 10.8 Å². The predicted octanol–water partition coefficient (Wildman–Crippen LogP) is 3.95. The van der Waals surface area contributed by atoms with Gasteiger partial charge in [-0.3, -0.25) is 9.59 Å². The second kappa shape index (κ2) is 8.37. The first kappa shape index (κ1) is 26.2. The topological polar surface area (TPSA) is 96.7 Å². The molecule has 1 heterocycles. The van der Waals surface area contributed by atoms with E-state index in [-0.39, 0.29) is 17.5 Å². The highest BCUT2D eigenvalue weighted by molar-refractivity contribution is 7.89. The minimum absolute atomic E-state index is 0.134. The van der Waals surface area contributed by atoms with Crippen LogP contribution in [0.2, 0.25) is 0 Å². The van der Waals surface area contributed by atoms with Crippen molar-refractivity contribution in [2.75, 3.05) is 11.2 Å². The average Bonchev–Trinajstić information content (AvgIpc) is 3.12. The molecule has 1 N–H and O–H groups in total.